The normalized spacial score (nSPS) is 9.31. The number of nitrogens with two attached hydrogens (primary N) is 1. The Balaban J connectivity index is 2.42. The number of urea groups is 1. The summed E-state index contributed by atoms with van der Waals surface area (Å²) in [5.41, 5.74) is 4.76. The Morgan fingerprint density at radius 1 is 1.25 bits per heavy atom. The van der Waals surface area contributed by atoms with Crippen molar-refractivity contribution in [2.45, 2.75) is 0 Å². The van der Waals surface area contributed by atoms with Gasteiger partial charge in [0.1, 0.15) is 11.5 Å². The maximum Gasteiger partial charge on any atom is 0.318 e. The zero-order valence-electron chi connectivity index (χ0n) is 8.73. The van der Waals surface area contributed by atoms with Gasteiger partial charge in [-0.25, -0.2) is 4.79 Å². The fourth-order valence-electron chi connectivity index (χ4n) is 0.994. The third-order valence-electron chi connectivity index (χ3n) is 1.69. The number of primary amides is 1. The predicted octanol–water partition coefficient (Wildman–Crippen LogP) is 0.269. The van der Waals surface area contributed by atoms with Crippen molar-refractivity contribution < 1.29 is 19.1 Å². The summed E-state index contributed by atoms with van der Waals surface area (Å²) in [6.45, 7) is -0.269. The summed E-state index contributed by atoms with van der Waals surface area (Å²) in [6, 6.07) is 5.79. The Labute approximate surface area is 92.3 Å². The van der Waals surface area contributed by atoms with E-state index in [1.807, 2.05) is 5.32 Å². The Kier molecular flexibility index (Phi) is 4.14. The van der Waals surface area contributed by atoms with E-state index in [1.165, 1.54) is 0 Å². The molecule has 0 saturated carbocycles. The number of methoxy groups -OCH3 is 1. The van der Waals surface area contributed by atoms with Gasteiger partial charge < -0.3 is 15.2 Å². The van der Waals surface area contributed by atoms with Gasteiger partial charge in [0, 0.05) is 0 Å². The van der Waals surface area contributed by atoms with Gasteiger partial charge in [-0.05, 0) is 24.3 Å². The van der Waals surface area contributed by atoms with E-state index >= 15 is 0 Å². The lowest BCUT2D eigenvalue weighted by molar-refractivity contribution is -0.121. The van der Waals surface area contributed by atoms with Crippen molar-refractivity contribution in [2.24, 2.45) is 5.73 Å². The average Bonchev–Trinajstić information content (AvgIpc) is 2.26. The van der Waals surface area contributed by atoms with Gasteiger partial charge >= 0.3 is 6.03 Å². The van der Waals surface area contributed by atoms with E-state index in [2.05, 4.69) is 0 Å². The maximum atomic E-state index is 11.0. The van der Waals surface area contributed by atoms with Crippen LogP contribution in [0.4, 0.5) is 4.79 Å². The van der Waals surface area contributed by atoms with Crippen molar-refractivity contribution in [1.29, 1.82) is 0 Å². The first-order valence-corrected chi connectivity index (χ1v) is 4.48. The molecule has 0 radical (unpaired) electrons. The van der Waals surface area contributed by atoms with Crippen molar-refractivity contribution in [3.63, 3.8) is 0 Å². The van der Waals surface area contributed by atoms with Crippen molar-refractivity contribution in [1.82, 2.24) is 5.32 Å². The molecule has 0 aliphatic rings. The molecule has 3 N–H and O–H groups in total. The highest BCUT2D eigenvalue weighted by molar-refractivity contribution is 5.94. The molecule has 0 aromatic heterocycles. The quantitative estimate of drug-likeness (QED) is 0.767. The molecular weight excluding hydrogens is 212 g/mol. The van der Waals surface area contributed by atoms with Gasteiger partial charge in [-0.2, -0.15) is 0 Å². The summed E-state index contributed by atoms with van der Waals surface area (Å²) >= 11 is 0. The van der Waals surface area contributed by atoms with Crippen LogP contribution in [0.1, 0.15) is 0 Å². The molecule has 1 aromatic carbocycles. The first kappa shape index (κ1) is 11.8. The number of rotatable bonds is 4. The zero-order valence-corrected chi connectivity index (χ0v) is 8.73. The fourth-order valence-corrected chi connectivity index (χ4v) is 0.994. The van der Waals surface area contributed by atoms with Crippen molar-refractivity contribution in [2.75, 3.05) is 13.7 Å². The number of amides is 3. The minimum absolute atomic E-state index is 0.269. The highest BCUT2D eigenvalue weighted by atomic mass is 16.5. The molecular formula is C10H12N2O4. The first-order valence-electron chi connectivity index (χ1n) is 4.48. The van der Waals surface area contributed by atoms with Gasteiger partial charge in [-0.3, -0.25) is 10.1 Å². The van der Waals surface area contributed by atoms with E-state index in [0.29, 0.717) is 11.5 Å². The minimum atomic E-state index is -0.900. The summed E-state index contributed by atoms with van der Waals surface area (Å²) < 4.78 is 10.0. The molecule has 0 aliphatic carbocycles. The van der Waals surface area contributed by atoms with Crippen LogP contribution in [0.25, 0.3) is 0 Å². The molecule has 16 heavy (non-hydrogen) atoms. The molecule has 0 fully saturated rings. The van der Waals surface area contributed by atoms with E-state index in [9.17, 15) is 9.59 Å². The summed E-state index contributed by atoms with van der Waals surface area (Å²) in [5.74, 6) is 0.595. The molecule has 86 valence electrons. The van der Waals surface area contributed by atoms with Crippen LogP contribution < -0.4 is 20.5 Å². The molecule has 0 unspecified atom stereocenters. The number of carbonyl (C=O) groups excluding carboxylic acids is 2. The van der Waals surface area contributed by atoms with E-state index in [0.717, 1.165) is 0 Å². The monoisotopic (exact) mass is 224 g/mol. The molecule has 0 atom stereocenters. The van der Waals surface area contributed by atoms with Gasteiger partial charge in [0.15, 0.2) is 6.61 Å². The molecule has 0 aliphatic heterocycles. The molecule has 0 saturated heterocycles. The number of ether oxygens (including phenoxy) is 2. The van der Waals surface area contributed by atoms with Gasteiger partial charge in [-0.1, -0.05) is 0 Å². The third kappa shape index (κ3) is 3.87. The van der Waals surface area contributed by atoms with E-state index in [1.54, 1.807) is 31.4 Å². The van der Waals surface area contributed by atoms with Crippen LogP contribution in [0.3, 0.4) is 0 Å². The smallest absolute Gasteiger partial charge is 0.318 e. The lowest BCUT2D eigenvalue weighted by atomic mass is 10.3. The number of benzene rings is 1. The van der Waals surface area contributed by atoms with Crippen molar-refractivity contribution in [3.05, 3.63) is 24.3 Å². The number of carbonyl (C=O) groups is 2. The highest BCUT2D eigenvalue weighted by Crippen LogP contribution is 2.16. The van der Waals surface area contributed by atoms with E-state index in [4.69, 9.17) is 15.2 Å². The second kappa shape index (κ2) is 5.59. The predicted molar refractivity (Wildman–Crippen MR) is 56.2 cm³/mol. The standard InChI is InChI=1S/C10H12N2O4/c1-15-7-2-4-8(5-3-7)16-6-9(13)12-10(11)14/h2-5H,6H2,1H3,(H3,11,12,13,14). The van der Waals surface area contributed by atoms with E-state index in [-0.39, 0.29) is 6.61 Å². The third-order valence-corrected chi connectivity index (χ3v) is 1.69. The van der Waals surface area contributed by atoms with Crippen LogP contribution in [0.5, 0.6) is 11.5 Å². The summed E-state index contributed by atoms with van der Waals surface area (Å²) in [4.78, 5) is 21.3. The molecule has 1 aromatic rings. The van der Waals surface area contributed by atoms with Gasteiger partial charge in [-0.15, -0.1) is 0 Å². The Bertz CT molecular complexity index is 375. The number of nitrogens with one attached hydrogen (secondary N) is 1. The number of hydrogen-bond acceptors (Lipinski definition) is 4. The van der Waals surface area contributed by atoms with Gasteiger partial charge in [0.25, 0.3) is 5.91 Å². The van der Waals surface area contributed by atoms with Crippen LogP contribution in [-0.2, 0) is 4.79 Å². The summed E-state index contributed by atoms with van der Waals surface area (Å²) in [7, 11) is 1.55. The number of hydrogen-bond donors (Lipinski definition) is 2. The number of imide groups is 1. The van der Waals surface area contributed by atoms with Crippen LogP contribution >= 0.6 is 0 Å². The maximum absolute atomic E-state index is 11.0. The molecule has 6 heteroatoms. The Morgan fingerprint density at radius 2 is 1.81 bits per heavy atom. The van der Waals surface area contributed by atoms with Crippen molar-refractivity contribution >= 4 is 11.9 Å². The average molecular weight is 224 g/mol. The van der Waals surface area contributed by atoms with Gasteiger partial charge in [0.05, 0.1) is 7.11 Å². The SMILES string of the molecule is COc1ccc(OCC(=O)NC(N)=O)cc1. The summed E-state index contributed by atoms with van der Waals surface area (Å²) in [5, 5.41) is 1.89. The summed E-state index contributed by atoms with van der Waals surface area (Å²) in [6.07, 6.45) is 0. The first-order chi connectivity index (χ1) is 7.61. The van der Waals surface area contributed by atoms with Crippen LogP contribution in [0.2, 0.25) is 0 Å². The molecule has 6 nitrogen and oxygen atoms in total. The zero-order chi connectivity index (χ0) is 12.0. The van der Waals surface area contributed by atoms with Crippen LogP contribution in [0.15, 0.2) is 24.3 Å². The van der Waals surface area contributed by atoms with Crippen molar-refractivity contribution in [3.8, 4) is 11.5 Å². The molecule has 0 bridgehead atoms. The van der Waals surface area contributed by atoms with Crippen LogP contribution in [0, 0.1) is 0 Å². The topological polar surface area (TPSA) is 90.7 Å². The van der Waals surface area contributed by atoms with E-state index < -0.39 is 11.9 Å². The van der Waals surface area contributed by atoms with Gasteiger partial charge in [0.2, 0.25) is 0 Å². The Hall–Kier alpha value is -2.24. The molecule has 0 heterocycles. The van der Waals surface area contributed by atoms with Crippen LogP contribution in [-0.4, -0.2) is 25.7 Å². The fraction of sp³-hybridized carbons (Fsp3) is 0.200. The molecule has 1 rings (SSSR count). The largest absolute Gasteiger partial charge is 0.497 e. The minimum Gasteiger partial charge on any atom is -0.497 e. The highest BCUT2D eigenvalue weighted by Gasteiger charge is 2.04. The lowest BCUT2D eigenvalue weighted by Crippen LogP contribution is -2.38. The lowest BCUT2D eigenvalue weighted by Gasteiger charge is -2.06. The molecule has 0 spiro atoms. The second-order valence-corrected chi connectivity index (χ2v) is 2.88. The second-order valence-electron chi connectivity index (χ2n) is 2.88. The Morgan fingerprint density at radius 3 is 2.31 bits per heavy atom. The molecule has 3 amide bonds.